The number of hydrogen-bond acceptors (Lipinski definition) is 4. The number of carbonyl (C=O) groups excluding carboxylic acids is 1. The molecule has 1 aromatic heterocycles. The number of nitrogens with two attached hydrogens (primary N) is 1. The lowest BCUT2D eigenvalue weighted by Crippen LogP contribution is -2.25. The molecule has 0 amide bonds. The van der Waals surface area contributed by atoms with Crippen molar-refractivity contribution < 1.29 is 9.53 Å². The number of hydrogen-bond donors (Lipinski definition) is 1. The first-order chi connectivity index (χ1) is 10.0. The number of carbonyl (C=O) groups is 1. The molecule has 1 aromatic carbocycles. The quantitative estimate of drug-likeness (QED) is 0.855. The Labute approximate surface area is 124 Å². The van der Waals surface area contributed by atoms with Gasteiger partial charge in [0.1, 0.15) is 6.04 Å². The van der Waals surface area contributed by atoms with Gasteiger partial charge < -0.3 is 10.5 Å². The number of aromatic nitrogens is 2. The third kappa shape index (κ3) is 3.31. The number of rotatable bonds is 5. The Morgan fingerprint density at radius 2 is 2.00 bits per heavy atom. The first-order valence-electron chi connectivity index (χ1n) is 7.04. The van der Waals surface area contributed by atoms with Gasteiger partial charge in [0.05, 0.1) is 18.8 Å². The molecule has 1 heterocycles. The fourth-order valence-electron chi connectivity index (χ4n) is 2.42. The minimum Gasteiger partial charge on any atom is -0.465 e. The predicted molar refractivity (Wildman–Crippen MR) is 80.8 cm³/mol. The lowest BCUT2D eigenvalue weighted by molar-refractivity contribution is -0.144. The third-order valence-corrected chi connectivity index (χ3v) is 3.46. The van der Waals surface area contributed by atoms with Crippen LogP contribution >= 0.6 is 0 Å². The lowest BCUT2D eigenvalue weighted by atomic mass is 10.1. The second-order valence-corrected chi connectivity index (χ2v) is 4.96. The van der Waals surface area contributed by atoms with Crippen LogP contribution in [0.1, 0.15) is 35.5 Å². The summed E-state index contributed by atoms with van der Waals surface area (Å²) in [6, 6.07) is 9.27. The SMILES string of the molecule is CCOC(=O)[C@@H](N)c1c(C)nn(Cc2ccccc2)c1C. The normalized spacial score (nSPS) is 12.2. The van der Waals surface area contributed by atoms with E-state index in [1.807, 2.05) is 48.9 Å². The van der Waals surface area contributed by atoms with Crippen molar-refractivity contribution in [2.75, 3.05) is 6.61 Å². The number of ether oxygens (including phenoxy) is 1. The second-order valence-electron chi connectivity index (χ2n) is 4.96. The molecule has 0 aliphatic carbocycles. The molecule has 5 heteroatoms. The first kappa shape index (κ1) is 15.3. The molecule has 0 unspecified atom stereocenters. The summed E-state index contributed by atoms with van der Waals surface area (Å²) in [5.74, 6) is -0.414. The Kier molecular flexibility index (Phi) is 4.75. The van der Waals surface area contributed by atoms with Crippen LogP contribution in [0.25, 0.3) is 0 Å². The van der Waals surface area contributed by atoms with Crippen LogP contribution in [0, 0.1) is 13.8 Å². The predicted octanol–water partition coefficient (Wildman–Crippen LogP) is 2.11. The molecule has 2 N–H and O–H groups in total. The van der Waals surface area contributed by atoms with E-state index in [0.717, 1.165) is 22.5 Å². The molecule has 0 aliphatic rings. The van der Waals surface area contributed by atoms with Crippen LogP contribution in [0.15, 0.2) is 30.3 Å². The molecule has 0 saturated carbocycles. The summed E-state index contributed by atoms with van der Waals surface area (Å²) < 4.78 is 6.87. The van der Waals surface area contributed by atoms with E-state index in [-0.39, 0.29) is 0 Å². The number of esters is 1. The third-order valence-electron chi connectivity index (χ3n) is 3.46. The minimum atomic E-state index is -0.783. The summed E-state index contributed by atoms with van der Waals surface area (Å²) in [5, 5.41) is 4.50. The fourth-order valence-corrected chi connectivity index (χ4v) is 2.42. The molecule has 0 spiro atoms. The number of nitrogens with zero attached hydrogens (tertiary/aromatic N) is 2. The average molecular weight is 287 g/mol. The molecule has 2 aromatic rings. The Bertz CT molecular complexity index is 620. The van der Waals surface area contributed by atoms with Crippen molar-refractivity contribution in [3.8, 4) is 0 Å². The Hall–Kier alpha value is -2.14. The summed E-state index contributed by atoms with van der Waals surface area (Å²) in [6.45, 7) is 6.54. The van der Waals surface area contributed by atoms with Gasteiger partial charge in [0.15, 0.2) is 0 Å². The molecular formula is C16H21N3O2. The van der Waals surface area contributed by atoms with E-state index in [4.69, 9.17) is 10.5 Å². The van der Waals surface area contributed by atoms with E-state index in [0.29, 0.717) is 13.2 Å². The molecule has 5 nitrogen and oxygen atoms in total. The molecular weight excluding hydrogens is 266 g/mol. The van der Waals surface area contributed by atoms with E-state index in [1.54, 1.807) is 6.92 Å². The summed E-state index contributed by atoms with van der Waals surface area (Å²) in [7, 11) is 0. The number of benzene rings is 1. The van der Waals surface area contributed by atoms with E-state index in [1.165, 1.54) is 0 Å². The average Bonchev–Trinajstić information content (AvgIpc) is 2.74. The maximum atomic E-state index is 11.8. The van der Waals surface area contributed by atoms with Crippen LogP contribution in [0.5, 0.6) is 0 Å². The van der Waals surface area contributed by atoms with Gasteiger partial charge in [-0.15, -0.1) is 0 Å². The van der Waals surface area contributed by atoms with Crippen molar-refractivity contribution in [2.24, 2.45) is 5.73 Å². The van der Waals surface area contributed by atoms with E-state index in [2.05, 4.69) is 5.10 Å². The zero-order valence-corrected chi connectivity index (χ0v) is 12.7. The summed E-state index contributed by atoms with van der Waals surface area (Å²) >= 11 is 0. The van der Waals surface area contributed by atoms with Crippen LogP contribution in [0.3, 0.4) is 0 Å². The monoisotopic (exact) mass is 287 g/mol. The van der Waals surface area contributed by atoms with Crippen LogP contribution < -0.4 is 5.73 Å². The van der Waals surface area contributed by atoms with Crippen LogP contribution in [0.4, 0.5) is 0 Å². The maximum Gasteiger partial charge on any atom is 0.327 e. The minimum absolute atomic E-state index is 0.322. The highest BCUT2D eigenvalue weighted by Crippen LogP contribution is 2.21. The Balaban J connectivity index is 2.27. The highest BCUT2D eigenvalue weighted by molar-refractivity contribution is 5.78. The van der Waals surface area contributed by atoms with Gasteiger partial charge in [-0.05, 0) is 26.3 Å². The molecule has 0 fully saturated rings. The number of aryl methyl sites for hydroxylation is 1. The second kappa shape index (κ2) is 6.54. The van der Waals surface area contributed by atoms with Crippen molar-refractivity contribution >= 4 is 5.97 Å². The van der Waals surface area contributed by atoms with Gasteiger partial charge in [0, 0.05) is 11.3 Å². The van der Waals surface area contributed by atoms with Crippen LogP contribution in [-0.2, 0) is 16.1 Å². The zero-order chi connectivity index (χ0) is 15.4. The van der Waals surface area contributed by atoms with Crippen molar-refractivity contribution in [2.45, 2.75) is 33.4 Å². The van der Waals surface area contributed by atoms with Crippen molar-refractivity contribution in [1.82, 2.24) is 9.78 Å². The summed E-state index contributed by atoms with van der Waals surface area (Å²) in [4.78, 5) is 11.8. The summed E-state index contributed by atoms with van der Waals surface area (Å²) in [6.07, 6.45) is 0. The highest BCUT2D eigenvalue weighted by Gasteiger charge is 2.24. The molecule has 1 atom stereocenters. The molecule has 2 rings (SSSR count). The zero-order valence-electron chi connectivity index (χ0n) is 12.7. The summed E-state index contributed by atoms with van der Waals surface area (Å²) in [5.41, 5.74) is 9.58. The van der Waals surface area contributed by atoms with Gasteiger partial charge in [0.2, 0.25) is 0 Å². The van der Waals surface area contributed by atoms with Gasteiger partial charge in [-0.1, -0.05) is 30.3 Å². The molecule has 21 heavy (non-hydrogen) atoms. The molecule has 0 saturated heterocycles. The standard InChI is InChI=1S/C16H21N3O2/c1-4-21-16(20)15(17)14-11(2)18-19(12(14)3)10-13-8-6-5-7-9-13/h5-9,15H,4,10,17H2,1-3H3/t15-/m0/s1. The molecule has 0 aliphatic heterocycles. The highest BCUT2D eigenvalue weighted by atomic mass is 16.5. The van der Waals surface area contributed by atoms with Crippen LogP contribution in [0.2, 0.25) is 0 Å². The lowest BCUT2D eigenvalue weighted by Gasteiger charge is -2.11. The van der Waals surface area contributed by atoms with Crippen molar-refractivity contribution in [3.05, 3.63) is 52.8 Å². The van der Waals surface area contributed by atoms with Gasteiger partial charge >= 0.3 is 5.97 Å². The van der Waals surface area contributed by atoms with E-state index >= 15 is 0 Å². The Morgan fingerprint density at radius 3 is 2.62 bits per heavy atom. The van der Waals surface area contributed by atoms with Gasteiger partial charge in [-0.25, -0.2) is 4.79 Å². The fraction of sp³-hybridized carbons (Fsp3) is 0.375. The molecule has 0 bridgehead atoms. The smallest absolute Gasteiger partial charge is 0.327 e. The molecule has 112 valence electrons. The van der Waals surface area contributed by atoms with Crippen molar-refractivity contribution in [1.29, 1.82) is 0 Å². The Morgan fingerprint density at radius 1 is 1.33 bits per heavy atom. The molecule has 0 radical (unpaired) electrons. The van der Waals surface area contributed by atoms with Gasteiger partial charge in [0.25, 0.3) is 0 Å². The van der Waals surface area contributed by atoms with Crippen molar-refractivity contribution in [3.63, 3.8) is 0 Å². The van der Waals surface area contributed by atoms with Crippen LogP contribution in [-0.4, -0.2) is 22.4 Å². The first-order valence-corrected chi connectivity index (χ1v) is 7.04. The largest absolute Gasteiger partial charge is 0.465 e. The maximum absolute atomic E-state index is 11.8. The van der Waals surface area contributed by atoms with Gasteiger partial charge in [-0.3, -0.25) is 4.68 Å². The van der Waals surface area contributed by atoms with Gasteiger partial charge in [-0.2, -0.15) is 5.10 Å². The topological polar surface area (TPSA) is 70.1 Å². The van der Waals surface area contributed by atoms with E-state index in [9.17, 15) is 4.79 Å². The van der Waals surface area contributed by atoms with E-state index < -0.39 is 12.0 Å².